The van der Waals surface area contributed by atoms with Crippen LogP contribution in [0, 0.1) is 0 Å². The van der Waals surface area contributed by atoms with Gasteiger partial charge < -0.3 is 15.7 Å². The molecule has 96 valence electrons. The predicted octanol–water partition coefficient (Wildman–Crippen LogP) is 1.12. The van der Waals surface area contributed by atoms with Crippen molar-refractivity contribution in [3.8, 4) is 0 Å². The maximum absolute atomic E-state index is 11.7. The number of nitrogens with zero attached hydrogens (tertiary/aromatic N) is 1. The molecular formula is C12H26N2O2. The summed E-state index contributed by atoms with van der Waals surface area (Å²) in [6.45, 7) is 5.18. The molecule has 0 spiro atoms. The molecule has 0 aliphatic rings. The van der Waals surface area contributed by atoms with E-state index in [1.807, 2.05) is 6.92 Å². The maximum atomic E-state index is 11.7. The number of aliphatic hydroxyl groups is 1. The first kappa shape index (κ1) is 15.4. The van der Waals surface area contributed by atoms with Gasteiger partial charge in [0.1, 0.15) is 0 Å². The smallest absolute Gasteiger partial charge is 0.224 e. The molecule has 16 heavy (non-hydrogen) atoms. The van der Waals surface area contributed by atoms with Gasteiger partial charge in [-0.3, -0.25) is 4.79 Å². The number of carbonyl (C=O) groups excluding carboxylic acids is 1. The average molecular weight is 230 g/mol. The maximum Gasteiger partial charge on any atom is 0.224 e. The third kappa shape index (κ3) is 7.65. The summed E-state index contributed by atoms with van der Waals surface area (Å²) >= 11 is 0. The Morgan fingerprint density at radius 2 is 2.00 bits per heavy atom. The molecule has 4 nitrogen and oxygen atoms in total. The summed E-state index contributed by atoms with van der Waals surface area (Å²) in [7, 11) is 0. The van der Waals surface area contributed by atoms with E-state index in [9.17, 15) is 4.79 Å². The molecule has 0 saturated carbocycles. The minimum absolute atomic E-state index is 0.0263. The average Bonchev–Trinajstić information content (AvgIpc) is 2.21. The van der Waals surface area contributed by atoms with Gasteiger partial charge in [-0.15, -0.1) is 0 Å². The Morgan fingerprint density at radius 3 is 2.50 bits per heavy atom. The zero-order valence-electron chi connectivity index (χ0n) is 10.6. The lowest BCUT2D eigenvalue weighted by Crippen LogP contribution is -2.37. The van der Waals surface area contributed by atoms with Crippen LogP contribution in [0.2, 0.25) is 0 Å². The van der Waals surface area contributed by atoms with Gasteiger partial charge in [-0.05, 0) is 13.3 Å². The van der Waals surface area contributed by atoms with Gasteiger partial charge in [0.15, 0.2) is 0 Å². The highest BCUT2D eigenvalue weighted by Gasteiger charge is 2.13. The number of carbonyl (C=O) groups is 1. The summed E-state index contributed by atoms with van der Waals surface area (Å²) in [5.41, 5.74) is 5.59. The van der Waals surface area contributed by atoms with Gasteiger partial charge in [0.25, 0.3) is 0 Å². The lowest BCUT2D eigenvalue weighted by atomic mass is 10.2. The zero-order valence-corrected chi connectivity index (χ0v) is 10.6. The number of hydrogen-bond acceptors (Lipinski definition) is 3. The van der Waals surface area contributed by atoms with E-state index >= 15 is 0 Å². The number of unbranched alkanes of at least 4 members (excludes halogenated alkanes) is 3. The first-order valence-electron chi connectivity index (χ1n) is 6.26. The van der Waals surface area contributed by atoms with Crippen LogP contribution in [0.1, 0.15) is 46.0 Å². The molecule has 4 heteroatoms. The third-order valence-electron chi connectivity index (χ3n) is 2.50. The molecule has 0 aliphatic carbocycles. The van der Waals surface area contributed by atoms with Crippen molar-refractivity contribution in [3.05, 3.63) is 0 Å². The predicted molar refractivity (Wildman–Crippen MR) is 66.1 cm³/mol. The first-order valence-corrected chi connectivity index (χ1v) is 6.26. The third-order valence-corrected chi connectivity index (χ3v) is 2.50. The number of aliphatic hydroxyl groups excluding tert-OH is 1. The highest BCUT2D eigenvalue weighted by atomic mass is 16.3. The van der Waals surface area contributed by atoms with E-state index in [2.05, 4.69) is 6.92 Å². The quantitative estimate of drug-likeness (QED) is 0.583. The number of amides is 1. The molecule has 0 saturated heterocycles. The van der Waals surface area contributed by atoms with Crippen LogP contribution >= 0.6 is 0 Å². The molecule has 0 rings (SSSR count). The lowest BCUT2D eigenvalue weighted by molar-refractivity contribution is -0.132. The van der Waals surface area contributed by atoms with Crippen molar-refractivity contribution in [2.45, 2.75) is 52.0 Å². The van der Waals surface area contributed by atoms with Crippen LogP contribution < -0.4 is 5.73 Å². The van der Waals surface area contributed by atoms with Crippen molar-refractivity contribution in [3.63, 3.8) is 0 Å². The van der Waals surface area contributed by atoms with Crippen LogP contribution in [0.5, 0.6) is 0 Å². The summed E-state index contributed by atoms with van der Waals surface area (Å²) in [5, 5.41) is 8.90. The minimum atomic E-state index is -0.107. The van der Waals surface area contributed by atoms with Gasteiger partial charge in [0.2, 0.25) is 5.91 Å². The van der Waals surface area contributed by atoms with E-state index in [-0.39, 0.29) is 18.6 Å². The zero-order chi connectivity index (χ0) is 12.4. The minimum Gasteiger partial charge on any atom is -0.395 e. The second kappa shape index (κ2) is 9.60. The summed E-state index contributed by atoms with van der Waals surface area (Å²) < 4.78 is 0. The lowest BCUT2D eigenvalue weighted by Gasteiger charge is -2.22. The standard InChI is InChI=1S/C12H26N2O2/c1-3-4-5-6-7-14(8-9-15)12(16)10-11(2)13/h11,15H,3-10,13H2,1-2H3. The molecule has 1 amide bonds. The molecule has 0 aromatic carbocycles. The van der Waals surface area contributed by atoms with E-state index in [0.717, 1.165) is 19.4 Å². The summed E-state index contributed by atoms with van der Waals surface area (Å²) in [4.78, 5) is 13.5. The SMILES string of the molecule is CCCCCCN(CCO)C(=O)CC(C)N. The molecule has 0 radical (unpaired) electrons. The van der Waals surface area contributed by atoms with Crippen molar-refractivity contribution in [1.29, 1.82) is 0 Å². The molecule has 0 fully saturated rings. The Bertz CT molecular complexity index is 184. The molecule has 0 aliphatic heterocycles. The molecular weight excluding hydrogens is 204 g/mol. The van der Waals surface area contributed by atoms with Crippen LogP contribution in [0.4, 0.5) is 0 Å². The highest BCUT2D eigenvalue weighted by Crippen LogP contribution is 2.03. The summed E-state index contributed by atoms with van der Waals surface area (Å²) in [6.07, 6.45) is 4.92. The molecule has 0 aromatic heterocycles. The van der Waals surface area contributed by atoms with Crippen LogP contribution in [0.3, 0.4) is 0 Å². The molecule has 1 atom stereocenters. The van der Waals surface area contributed by atoms with Crippen molar-refractivity contribution in [1.82, 2.24) is 4.90 Å². The fourth-order valence-electron chi connectivity index (χ4n) is 1.62. The fourth-order valence-corrected chi connectivity index (χ4v) is 1.62. The Kier molecular flexibility index (Phi) is 9.24. The van der Waals surface area contributed by atoms with Crippen LogP contribution in [0.15, 0.2) is 0 Å². The van der Waals surface area contributed by atoms with E-state index in [1.54, 1.807) is 4.90 Å². The van der Waals surface area contributed by atoms with Crippen LogP contribution in [0.25, 0.3) is 0 Å². The van der Waals surface area contributed by atoms with Crippen molar-refractivity contribution < 1.29 is 9.90 Å². The molecule has 0 bridgehead atoms. The molecule has 1 unspecified atom stereocenters. The number of rotatable bonds is 9. The van der Waals surface area contributed by atoms with Gasteiger partial charge in [0.05, 0.1) is 6.61 Å². The second-order valence-electron chi connectivity index (χ2n) is 4.35. The van der Waals surface area contributed by atoms with Gasteiger partial charge >= 0.3 is 0 Å². The highest BCUT2D eigenvalue weighted by molar-refractivity contribution is 5.76. The summed E-state index contributed by atoms with van der Waals surface area (Å²) in [6, 6.07) is -0.107. The normalized spacial score (nSPS) is 12.5. The fraction of sp³-hybridized carbons (Fsp3) is 0.917. The largest absolute Gasteiger partial charge is 0.395 e. The Morgan fingerprint density at radius 1 is 1.31 bits per heavy atom. The van der Waals surface area contributed by atoms with Gasteiger partial charge in [0, 0.05) is 25.6 Å². The number of nitrogens with two attached hydrogens (primary N) is 1. The van der Waals surface area contributed by atoms with E-state index in [0.29, 0.717) is 13.0 Å². The van der Waals surface area contributed by atoms with E-state index in [4.69, 9.17) is 10.8 Å². The van der Waals surface area contributed by atoms with E-state index < -0.39 is 0 Å². The van der Waals surface area contributed by atoms with Crippen LogP contribution in [-0.4, -0.2) is 41.7 Å². The van der Waals surface area contributed by atoms with Crippen molar-refractivity contribution in [2.24, 2.45) is 5.73 Å². The van der Waals surface area contributed by atoms with E-state index in [1.165, 1.54) is 12.8 Å². The molecule has 0 heterocycles. The van der Waals surface area contributed by atoms with Crippen LogP contribution in [-0.2, 0) is 4.79 Å². The second-order valence-corrected chi connectivity index (χ2v) is 4.35. The van der Waals surface area contributed by atoms with Gasteiger partial charge in [-0.2, -0.15) is 0 Å². The Hall–Kier alpha value is -0.610. The monoisotopic (exact) mass is 230 g/mol. The van der Waals surface area contributed by atoms with Crippen molar-refractivity contribution >= 4 is 5.91 Å². The Labute approximate surface area is 98.8 Å². The number of hydrogen-bond donors (Lipinski definition) is 2. The van der Waals surface area contributed by atoms with Crippen molar-refractivity contribution in [2.75, 3.05) is 19.7 Å². The van der Waals surface area contributed by atoms with Gasteiger partial charge in [-0.1, -0.05) is 26.2 Å². The molecule has 3 N–H and O–H groups in total. The molecule has 0 aromatic rings. The summed E-state index contributed by atoms with van der Waals surface area (Å²) in [5.74, 6) is 0.0561. The first-order chi connectivity index (χ1) is 7.61. The Balaban J connectivity index is 3.90. The van der Waals surface area contributed by atoms with Gasteiger partial charge in [-0.25, -0.2) is 0 Å². The topological polar surface area (TPSA) is 66.6 Å².